The van der Waals surface area contributed by atoms with Gasteiger partial charge in [-0.3, -0.25) is 9.59 Å². The Bertz CT molecular complexity index is 735. The highest BCUT2D eigenvalue weighted by Gasteiger charge is 2.28. The van der Waals surface area contributed by atoms with Crippen molar-refractivity contribution < 1.29 is 14.7 Å². The van der Waals surface area contributed by atoms with Crippen molar-refractivity contribution in [2.45, 2.75) is 32.7 Å². The molecule has 1 aromatic carbocycles. The minimum Gasteiger partial charge on any atom is -0.481 e. The summed E-state index contributed by atoms with van der Waals surface area (Å²) in [6, 6.07) is 8.09. The SMILES string of the molecule is CCn1cc(CC(=O)N2CCC[C@H](C(=O)O)C2)c2ccccc21. The van der Waals surface area contributed by atoms with Gasteiger partial charge in [-0.15, -0.1) is 0 Å². The van der Waals surface area contributed by atoms with E-state index in [1.807, 2.05) is 24.4 Å². The predicted octanol–water partition coefficient (Wildman–Crippen LogP) is 2.53. The molecule has 122 valence electrons. The Morgan fingerprint density at radius 3 is 2.83 bits per heavy atom. The summed E-state index contributed by atoms with van der Waals surface area (Å²) in [5, 5.41) is 10.3. The lowest BCUT2D eigenvalue weighted by molar-refractivity contribution is -0.145. The number of carbonyl (C=O) groups excluding carboxylic acids is 1. The Hall–Kier alpha value is -2.30. The van der Waals surface area contributed by atoms with Crippen LogP contribution in [-0.2, 0) is 22.6 Å². The highest BCUT2D eigenvalue weighted by molar-refractivity contribution is 5.89. The minimum atomic E-state index is -0.801. The lowest BCUT2D eigenvalue weighted by atomic mass is 9.97. The Morgan fingerprint density at radius 1 is 1.30 bits per heavy atom. The van der Waals surface area contributed by atoms with Gasteiger partial charge in [0.05, 0.1) is 12.3 Å². The first-order valence-electron chi connectivity index (χ1n) is 8.17. The van der Waals surface area contributed by atoms with Gasteiger partial charge in [-0.2, -0.15) is 0 Å². The number of hydrogen-bond acceptors (Lipinski definition) is 2. The summed E-state index contributed by atoms with van der Waals surface area (Å²) in [6.07, 6.45) is 3.80. The number of hydrogen-bond donors (Lipinski definition) is 1. The number of carboxylic acid groups (broad SMARTS) is 1. The summed E-state index contributed by atoms with van der Waals surface area (Å²) in [6.45, 7) is 3.94. The quantitative estimate of drug-likeness (QED) is 0.943. The number of likely N-dealkylation sites (tertiary alicyclic amines) is 1. The summed E-state index contributed by atoms with van der Waals surface area (Å²) in [7, 11) is 0. The third-order valence-electron chi connectivity index (χ3n) is 4.68. The van der Waals surface area contributed by atoms with E-state index in [0.717, 1.165) is 29.4 Å². The number of nitrogens with zero attached hydrogens (tertiary/aromatic N) is 2. The zero-order chi connectivity index (χ0) is 16.4. The second kappa shape index (κ2) is 6.44. The highest BCUT2D eigenvalue weighted by atomic mass is 16.4. The fourth-order valence-electron chi connectivity index (χ4n) is 3.41. The van der Waals surface area contributed by atoms with Crippen LogP contribution in [0, 0.1) is 5.92 Å². The molecule has 1 saturated heterocycles. The van der Waals surface area contributed by atoms with E-state index in [9.17, 15) is 9.59 Å². The second-order valence-corrected chi connectivity index (χ2v) is 6.15. The Balaban J connectivity index is 1.79. The fourth-order valence-corrected chi connectivity index (χ4v) is 3.41. The molecule has 2 aromatic rings. The molecular weight excluding hydrogens is 292 g/mol. The number of fused-ring (bicyclic) bond motifs is 1. The topological polar surface area (TPSA) is 62.5 Å². The monoisotopic (exact) mass is 314 g/mol. The zero-order valence-corrected chi connectivity index (χ0v) is 13.4. The van der Waals surface area contributed by atoms with E-state index in [1.165, 1.54) is 0 Å². The van der Waals surface area contributed by atoms with Gasteiger partial charge < -0.3 is 14.6 Å². The number of benzene rings is 1. The van der Waals surface area contributed by atoms with Crippen LogP contribution in [0.5, 0.6) is 0 Å². The van der Waals surface area contributed by atoms with Crippen molar-refractivity contribution in [2.24, 2.45) is 5.92 Å². The van der Waals surface area contributed by atoms with Crippen molar-refractivity contribution in [3.05, 3.63) is 36.0 Å². The number of carbonyl (C=O) groups is 2. The molecule has 0 unspecified atom stereocenters. The maximum Gasteiger partial charge on any atom is 0.308 e. The third-order valence-corrected chi connectivity index (χ3v) is 4.68. The number of amides is 1. The van der Waals surface area contributed by atoms with Gasteiger partial charge in [0, 0.05) is 36.7 Å². The molecule has 3 rings (SSSR count). The molecule has 1 N–H and O–H groups in total. The van der Waals surface area contributed by atoms with E-state index < -0.39 is 11.9 Å². The van der Waals surface area contributed by atoms with Crippen molar-refractivity contribution in [3.63, 3.8) is 0 Å². The van der Waals surface area contributed by atoms with Gasteiger partial charge in [0.2, 0.25) is 5.91 Å². The first kappa shape index (κ1) is 15.6. The van der Waals surface area contributed by atoms with Crippen LogP contribution in [0.4, 0.5) is 0 Å². The number of para-hydroxylation sites is 1. The van der Waals surface area contributed by atoms with Crippen LogP contribution in [0.1, 0.15) is 25.3 Å². The van der Waals surface area contributed by atoms with E-state index in [1.54, 1.807) is 4.90 Å². The van der Waals surface area contributed by atoms with Crippen LogP contribution in [0.3, 0.4) is 0 Å². The Kier molecular flexibility index (Phi) is 4.37. The van der Waals surface area contributed by atoms with Crippen molar-refractivity contribution >= 4 is 22.8 Å². The number of aryl methyl sites for hydroxylation is 1. The normalized spacial score (nSPS) is 18.3. The van der Waals surface area contributed by atoms with Gasteiger partial charge in [-0.25, -0.2) is 0 Å². The summed E-state index contributed by atoms with van der Waals surface area (Å²) in [4.78, 5) is 25.5. The van der Waals surface area contributed by atoms with E-state index in [-0.39, 0.29) is 5.91 Å². The first-order chi connectivity index (χ1) is 11.1. The van der Waals surface area contributed by atoms with Crippen LogP contribution in [-0.4, -0.2) is 39.5 Å². The van der Waals surface area contributed by atoms with Crippen molar-refractivity contribution in [3.8, 4) is 0 Å². The van der Waals surface area contributed by atoms with Crippen LogP contribution >= 0.6 is 0 Å². The van der Waals surface area contributed by atoms with Crippen LogP contribution in [0.15, 0.2) is 30.5 Å². The summed E-state index contributed by atoms with van der Waals surface area (Å²) < 4.78 is 2.15. The van der Waals surface area contributed by atoms with Gasteiger partial charge in [-0.05, 0) is 31.4 Å². The highest BCUT2D eigenvalue weighted by Crippen LogP contribution is 2.23. The maximum absolute atomic E-state index is 12.6. The molecule has 23 heavy (non-hydrogen) atoms. The second-order valence-electron chi connectivity index (χ2n) is 6.15. The molecule has 0 spiro atoms. The number of aromatic nitrogens is 1. The van der Waals surface area contributed by atoms with Crippen LogP contribution in [0.25, 0.3) is 10.9 Å². The Morgan fingerprint density at radius 2 is 2.09 bits per heavy atom. The molecule has 0 radical (unpaired) electrons. The zero-order valence-electron chi connectivity index (χ0n) is 13.4. The summed E-state index contributed by atoms with van der Waals surface area (Å²) in [5.74, 6) is -1.20. The van der Waals surface area contributed by atoms with Crippen LogP contribution in [0.2, 0.25) is 0 Å². The number of aliphatic carboxylic acids is 1. The third kappa shape index (κ3) is 3.09. The van der Waals surface area contributed by atoms with E-state index in [4.69, 9.17) is 5.11 Å². The molecule has 2 heterocycles. The largest absolute Gasteiger partial charge is 0.481 e. The molecule has 0 bridgehead atoms. The molecule has 1 aromatic heterocycles. The average molecular weight is 314 g/mol. The molecule has 1 aliphatic heterocycles. The smallest absolute Gasteiger partial charge is 0.308 e. The molecule has 0 aliphatic carbocycles. The van der Waals surface area contributed by atoms with E-state index in [0.29, 0.717) is 25.9 Å². The van der Waals surface area contributed by atoms with Crippen molar-refractivity contribution in [1.29, 1.82) is 0 Å². The standard InChI is InChI=1S/C18H22N2O3/c1-2-19-12-14(15-7-3-4-8-16(15)19)10-17(21)20-9-5-6-13(11-20)18(22)23/h3-4,7-8,12-13H,2,5-6,9-11H2,1H3,(H,22,23)/t13-/m0/s1. The predicted molar refractivity (Wildman–Crippen MR) is 88.3 cm³/mol. The number of rotatable bonds is 4. The molecule has 1 fully saturated rings. The molecule has 0 saturated carbocycles. The van der Waals surface area contributed by atoms with Crippen LogP contribution < -0.4 is 0 Å². The molecule has 1 amide bonds. The van der Waals surface area contributed by atoms with E-state index in [2.05, 4.69) is 17.6 Å². The average Bonchev–Trinajstić information content (AvgIpc) is 2.93. The first-order valence-corrected chi connectivity index (χ1v) is 8.17. The lowest BCUT2D eigenvalue weighted by Crippen LogP contribution is -2.42. The molecule has 1 atom stereocenters. The van der Waals surface area contributed by atoms with Gasteiger partial charge in [0.25, 0.3) is 0 Å². The molecular formula is C18H22N2O3. The maximum atomic E-state index is 12.6. The molecule has 1 aliphatic rings. The summed E-state index contributed by atoms with van der Waals surface area (Å²) >= 11 is 0. The van der Waals surface area contributed by atoms with Crippen molar-refractivity contribution in [1.82, 2.24) is 9.47 Å². The molecule has 5 nitrogen and oxygen atoms in total. The van der Waals surface area contributed by atoms with E-state index >= 15 is 0 Å². The van der Waals surface area contributed by atoms with Crippen molar-refractivity contribution in [2.75, 3.05) is 13.1 Å². The summed E-state index contributed by atoms with van der Waals surface area (Å²) in [5.41, 5.74) is 2.16. The fraction of sp³-hybridized carbons (Fsp3) is 0.444. The van der Waals surface area contributed by atoms with Gasteiger partial charge in [0.1, 0.15) is 0 Å². The van der Waals surface area contributed by atoms with Gasteiger partial charge >= 0.3 is 5.97 Å². The lowest BCUT2D eigenvalue weighted by Gasteiger charge is -2.30. The number of piperidine rings is 1. The number of carboxylic acids is 1. The molecule has 5 heteroatoms. The van der Waals surface area contributed by atoms with Gasteiger partial charge in [0.15, 0.2) is 0 Å². The Labute approximate surface area is 135 Å². The van der Waals surface area contributed by atoms with Gasteiger partial charge in [-0.1, -0.05) is 18.2 Å². The minimum absolute atomic E-state index is 0.0231.